The number of hydrogen-bond donors (Lipinski definition) is 2. The van der Waals surface area contributed by atoms with Gasteiger partial charge < -0.3 is 15.4 Å². The Morgan fingerprint density at radius 2 is 2.25 bits per heavy atom. The Labute approximate surface area is 119 Å². The molecule has 1 saturated heterocycles. The van der Waals surface area contributed by atoms with E-state index in [-0.39, 0.29) is 0 Å². The summed E-state index contributed by atoms with van der Waals surface area (Å²) in [6.45, 7) is 3.34. The number of benzene rings is 1. The average molecular weight is 271 g/mol. The molecule has 2 unspecified atom stereocenters. The maximum Gasteiger partial charge on any atom is 0.134 e. The molecule has 0 amide bonds. The Morgan fingerprint density at radius 1 is 1.35 bits per heavy atom. The number of ether oxygens (including phenoxy) is 1. The second kappa shape index (κ2) is 5.67. The summed E-state index contributed by atoms with van der Waals surface area (Å²) in [5.74, 6) is 1.84. The smallest absolute Gasteiger partial charge is 0.134 e. The molecule has 106 valence electrons. The van der Waals surface area contributed by atoms with E-state index in [2.05, 4.69) is 28.6 Å². The zero-order chi connectivity index (χ0) is 13.9. The normalized spacial score (nSPS) is 22.7. The van der Waals surface area contributed by atoms with Crippen LogP contribution in [0.4, 0.5) is 5.82 Å². The molecular formula is C16H21N3O. The van der Waals surface area contributed by atoms with Gasteiger partial charge in [-0.2, -0.15) is 0 Å². The Hall–Kier alpha value is -1.81. The fraction of sp³-hybridized carbons (Fsp3) is 0.438. The molecular weight excluding hydrogens is 250 g/mol. The van der Waals surface area contributed by atoms with E-state index in [1.807, 2.05) is 24.4 Å². The van der Waals surface area contributed by atoms with Gasteiger partial charge in [-0.25, -0.2) is 4.98 Å². The minimum atomic E-state index is 0.434. The molecule has 2 aromatic rings. The van der Waals surface area contributed by atoms with Gasteiger partial charge in [-0.1, -0.05) is 0 Å². The van der Waals surface area contributed by atoms with Gasteiger partial charge in [0.15, 0.2) is 0 Å². The van der Waals surface area contributed by atoms with Crippen molar-refractivity contribution >= 4 is 16.6 Å². The third-order valence-corrected chi connectivity index (χ3v) is 4.06. The van der Waals surface area contributed by atoms with E-state index < -0.39 is 0 Å². The van der Waals surface area contributed by atoms with Crippen LogP contribution in [0.5, 0.6) is 5.75 Å². The third kappa shape index (κ3) is 2.56. The first-order valence-corrected chi connectivity index (χ1v) is 7.20. The predicted molar refractivity (Wildman–Crippen MR) is 82.4 cm³/mol. The van der Waals surface area contributed by atoms with Gasteiger partial charge in [0.25, 0.3) is 0 Å². The summed E-state index contributed by atoms with van der Waals surface area (Å²) in [5.41, 5.74) is 0. The summed E-state index contributed by atoms with van der Waals surface area (Å²) < 4.78 is 5.28. The first kappa shape index (κ1) is 13.2. The highest BCUT2D eigenvalue weighted by Crippen LogP contribution is 2.26. The molecule has 1 aromatic heterocycles. The van der Waals surface area contributed by atoms with Crippen LogP contribution in [0.3, 0.4) is 0 Å². The molecule has 2 atom stereocenters. The van der Waals surface area contributed by atoms with E-state index in [1.54, 1.807) is 7.11 Å². The molecule has 0 radical (unpaired) electrons. The molecule has 1 aromatic carbocycles. The minimum absolute atomic E-state index is 0.434. The molecule has 4 heteroatoms. The lowest BCUT2D eigenvalue weighted by molar-refractivity contribution is 0.389. The van der Waals surface area contributed by atoms with Crippen LogP contribution in [0.25, 0.3) is 10.8 Å². The summed E-state index contributed by atoms with van der Waals surface area (Å²) >= 11 is 0. The number of pyridine rings is 1. The van der Waals surface area contributed by atoms with Crippen molar-refractivity contribution in [2.75, 3.05) is 19.0 Å². The Bertz CT molecular complexity index is 599. The molecule has 3 rings (SSSR count). The molecule has 20 heavy (non-hydrogen) atoms. The number of fused-ring (bicyclic) bond motifs is 1. The highest BCUT2D eigenvalue weighted by atomic mass is 16.5. The fourth-order valence-electron chi connectivity index (χ4n) is 2.81. The second-order valence-corrected chi connectivity index (χ2v) is 5.38. The molecule has 0 bridgehead atoms. The molecule has 2 N–H and O–H groups in total. The van der Waals surface area contributed by atoms with Crippen LogP contribution in [0, 0.1) is 0 Å². The molecule has 0 saturated carbocycles. The van der Waals surface area contributed by atoms with Crippen LogP contribution in [0.2, 0.25) is 0 Å². The molecule has 1 aliphatic rings. The lowest BCUT2D eigenvalue weighted by Gasteiger charge is -2.31. The molecule has 2 heterocycles. The maximum absolute atomic E-state index is 5.28. The van der Waals surface area contributed by atoms with Crippen molar-refractivity contribution in [3.63, 3.8) is 0 Å². The van der Waals surface area contributed by atoms with Crippen LogP contribution in [0.15, 0.2) is 30.5 Å². The van der Waals surface area contributed by atoms with Crippen molar-refractivity contribution in [3.05, 3.63) is 30.5 Å². The molecule has 0 spiro atoms. The van der Waals surface area contributed by atoms with Crippen molar-refractivity contribution < 1.29 is 4.74 Å². The second-order valence-electron chi connectivity index (χ2n) is 5.38. The number of rotatable bonds is 3. The topological polar surface area (TPSA) is 46.2 Å². The zero-order valence-corrected chi connectivity index (χ0v) is 12.0. The molecule has 1 aliphatic heterocycles. The minimum Gasteiger partial charge on any atom is -0.497 e. The van der Waals surface area contributed by atoms with Gasteiger partial charge in [0.2, 0.25) is 0 Å². The number of methoxy groups -OCH3 is 1. The number of piperidine rings is 1. The summed E-state index contributed by atoms with van der Waals surface area (Å²) in [5, 5.41) is 9.40. The SMILES string of the molecule is COc1ccc2c(NC3CCCNC3C)nccc2c1. The van der Waals surface area contributed by atoms with Gasteiger partial charge in [-0.3, -0.25) is 0 Å². The number of anilines is 1. The predicted octanol–water partition coefficient (Wildman–Crippen LogP) is 2.80. The van der Waals surface area contributed by atoms with Gasteiger partial charge in [0, 0.05) is 23.7 Å². The Balaban J connectivity index is 1.91. The average Bonchev–Trinajstić information content (AvgIpc) is 2.49. The van der Waals surface area contributed by atoms with Gasteiger partial charge in [0.05, 0.1) is 7.11 Å². The maximum atomic E-state index is 5.28. The number of aromatic nitrogens is 1. The standard InChI is InChI=1S/C16H21N3O/c1-11-15(4-3-8-17-11)19-16-14-6-5-13(20-2)10-12(14)7-9-18-16/h5-7,9-11,15,17H,3-4,8H2,1-2H3,(H,18,19). The van der Waals surface area contributed by atoms with E-state index in [0.717, 1.165) is 28.9 Å². The highest BCUT2D eigenvalue weighted by Gasteiger charge is 2.21. The Morgan fingerprint density at radius 3 is 3.05 bits per heavy atom. The molecule has 0 aliphatic carbocycles. The van der Waals surface area contributed by atoms with Crippen LogP contribution in [-0.4, -0.2) is 30.7 Å². The monoisotopic (exact) mass is 271 g/mol. The highest BCUT2D eigenvalue weighted by molar-refractivity contribution is 5.92. The van der Waals surface area contributed by atoms with Crippen molar-refractivity contribution in [3.8, 4) is 5.75 Å². The lowest BCUT2D eigenvalue weighted by atomic mass is 9.99. The van der Waals surface area contributed by atoms with Gasteiger partial charge in [-0.15, -0.1) is 0 Å². The summed E-state index contributed by atoms with van der Waals surface area (Å²) in [6.07, 6.45) is 4.24. The van der Waals surface area contributed by atoms with Gasteiger partial charge >= 0.3 is 0 Å². The van der Waals surface area contributed by atoms with E-state index in [0.29, 0.717) is 12.1 Å². The fourth-order valence-corrected chi connectivity index (χ4v) is 2.81. The summed E-state index contributed by atoms with van der Waals surface area (Å²) in [6, 6.07) is 9.03. The van der Waals surface area contributed by atoms with E-state index >= 15 is 0 Å². The largest absolute Gasteiger partial charge is 0.497 e. The van der Waals surface area contributed by atoms with Crippen molar-refractivity contribution in [1.82, 2.24) is 10.3 Å². The first-order valence-electron chi connectivity index (χ1n) is 7.20. The number of nitrogens with zero attached hydrogens (tertiary/aromatic N) is 1. The van der Waals surface area contributed by atoms with Crippen LogP contribution in [-0.2, 0) is 0 Å². The van der Waals surface area contributed by atoms with Crippen LogP contribution >= 0.6 is 0 Å². The quantitative estimate of drug-likeness (QED) is 0.901. The summed E-state index contributed by atoms with van der Waals surface area (Å²) in [7, 11) is 1.69. The number of nitrogens with one attached hydrogen (secondary N) is 2. The number of hydrogen-bond acceptors (Lipinski definition) is 4. The van der Waals surface area contributed by atoms with Crippen LogP contribution in [0.1, 0.15) is 19.8 Å². The van der Waals surface area contributed by atoms with Crippen molar-refractivity contribution in [2.45, 2.75) is 31.8 Å². The van der Waals surface area contributed by atoms with Crippen LogP contribution < -0.4 is 15.4 Å². The Kier molecular flexibility index (Phi) is 3.74. The first-order chi connectivity index (χ1) is 9.78. The van der Waals surface area contributed by atoms with E-state index in [9.17, 15) is 0 Å². The summed E-state index contributed by atoms with van der Waals surface area (Å²) in [4.78, 5) is 4.51. The third-order valence-electron chi connectivity index (χ3n) is 4.06. The van der Waals surface area contributed by atoms with Gasteiger partial charge in [0.1, 0.15) is 11.6 Å². The zero-order valence-electron chi connectivity index (χ0n) is 12.0. The van der Waals surface area contributed by atoms with E-state index in [1.165, 1.54) is 12.8 Å². The molecule has 1 fully saturated rings. The van der Waals surface area contributed by atoms with E-state index in [4.69, 9.17) is 4.74 Å². The lowest BCUT2D eigenvalue weighted by Crippen LogP contribution is -2.46. The van der Waals surface area contributed by atoms with Gasteiger partial charge in [-0.05, 0) is 56.0 Å². The van der Waals surface area contributed by atoms with Crippen molar-refractivity contribution in [1.29, 1.82) is 0 Å². The molecule has 4 nitrogen and oxygen atoms in total. The van der Waals surface area contributed by atoms with Crippen molar-refractivity contribution in [2.24, 2.45) is 0 Å².